The highest BCUT2D eigenvalue weighted by Crippen LogP contribution is 2.26. The summed E-state index contributed by atoms with van der Waals surface area (Å²) in [5.41, 5.74) is 0. The van der Waals surface area contributed by atoms with E-state index < -0.39 is 106 Å². The van der Waals surface area contributed by atoms with Crippen molar-refractivity contribution in [1.82, 2.24) is 0 Å². The Labute approximate surface area is 174 Å². The zero-order chi connectivity index (χ0) is 19.4. The standard InChI is InChI=1S/4Al.2HO6Si2.H2O4Si.2O/c;;;;2*1-7(2)6-8(3,4)5;1-5(2,3)4;;/h;;;;2*3H;1-2H;;/q4*+2;2*-3;-2;;. The number of fused-ring (bicyclic) bond motifs is 4. The molecule has 4 saturated heterocycles. The molecule has 4 heterocycles. The van der Waals surface area contributed by atoms with Crippen molar-refractivity contribution < 1.29 is 69.8 Å². The first-order valence-corrected chi connectivity index (χ1v) is 19.7. The topological polar surface area (TPSA) is 226 Å². The van der Waals surface area contributed by atoms with Gasteiger partial charge in [0.1, 0.15) is 0 Å². The largest absolute Gasteiger partial charge is 0.956 e. The summed E-state index contributed by atoms with van der Waals surface area (Å²) in [4.78, 5) is 39.8. The number of hydrogen-bond acceptors (Lipinski definition) is 18. The number of hydrogen-bond donors (Lipinski definition) is 4. The molecule has 2 unspecified atom stereocenters. The summed E-state index contributed by atoms with van der Waals surface area (Å²) >= 11 is -13.3. The molecule has 4 fully saturated rings. The highest BCUT2D eigenvalue weighted by Gasteiger charge is 2.73. The highest BCUT2D eigenvalue weighted by atomic mass is 28.5. The van der Waals surface area contributed by atoms with Crippen molar-refractivity contribution >= 4 is 106 Å². The molecule has 2 atom stereocenters. The van der Waals surface area contributed by atoms with Gasteiger partial charge in [-0.3, -0.25) is 8.92 Å². The molecule has 144 valence electrons. The zero-order valence-electron chi connectivity index (χ0n) is 12.3. The van der Waals surface area contributed by atoms with Gasteiger partial charge in [0, 0.05) is 0 Å². The molecular weight excluding hydrogens is 536 g/mol. The molecule has 18 nitrogen and oxygen atoms in total. The highest BCUT2D eigenvalue weighted by molar-refractivity contribution is 6.83. The van der Waals surface area contributed by atoms with Crippen molar-refractivity contribution in [3.8, 4) is 0 Å². The lowest BCUT2D eigenvalue weighted by Gasteiger charge is -2.38. The minimum Gasteiger partial charge on any atom is -0.611 e. The van der Waals surface area contributed by atoms with Gasteiger partial charge in [0.25, 0.3) is 0 Å². The Kier molecular flexibility index (Phi) is 6.37. The first-order chi connectivity index (χ1) is 12.5. The fourth-order valence-corrected chi connectivity index (χ4v) is 26.3. The van der Waals surface area contributed by atoms with E-state index in [4.69, 9.17) is 33.5 Å². The van der Waals surface area contributed by atoms with Crippen LogP contribution in [0.3, 0.4) is 0 Å². The van der Waals surface area contributed by atoms with Crippen molar-refractivity contribution in [3.63, 3.8) is 0 Å². The lowest BCUT2D eigenvalue weighted by Crippen LogP contribution is -2.70. The van der Waals surface area contributed by atoms with E-state index in [1.54, 1.807) is 0 Å². The first-order valence-electron chi connectivity index (χ1n) is 6.58. The maximum atomic E-state index is 11.3. The molecule has 0 radical (unpaired) electrons. The van der Waals surface area contributed by atoms with E-state index in [9.17, 15) is 28.1 Å². The van der Waals surface area contributed by atoms with E-state index in [2.05, 4.69) is 8.23 Å². The zero-order valence-corrected chi connectivity index (χ0v) is 21.9. The third-order valence-corrected chi connectivity index (χ3v) is 24.6. The smallest absolute Gasteiger partial charge is 0.611 e. The molecule has 0 aromatic heterocycles. The summed E-state index contributed by atoms with van der Waals surface area (Å²) in [5.74, 6) is 0. The molecule has 27 heteroatoms. The molecule has 0 amide bonds. The van der Waals surface area contributed by atoms with Crippen molar-refractivity contribution in [3.05, 3.63) is 0 Å². The third-order valence-electron chi connectivity index (χ3n) is 2.73. The van der Waals surface area contributed by atoms with Gasteiger partial charge in [-0.25, -0.2) is 0 Å². The quantitative estimate of drug-likeness (QED) is 0.243. The van der Waals surface area contributed by atoms with Crippen LogP contribution in [0.5, 0.6) is 0 Å². The Bertz CT molecular complexity index is 591. The Morgan fingerprint density at radius 1 is 0.778 bits per heavy atom. The van der Waals surface area contributed by atoms with E-state index in [0.717, 1.165) is 0 Å². The Hall–Kier alpha value is 1.53. The van der Waals surface area contributed by atoms with Crippen LogP contribution in [0.1, 0.15) is 0 Å². The Morgan fingerprint density at radius 2 is 1.19 bits per heavy atom. The fourth-order valence-electron chi connectivity index (χ4n) is 1.83. The monoisotopic (exact) mass is 540 g/mol. The third kappa shape index (κ3) is 5.42. The Morgan fingerprint density at radius 3 is 1.56 bits per heavy atom. The van der Waals surface area contributed by atoms with Crippen LogP contribution in [0.2, 0.25) is 0 Å². The van der Waals surface area contributed by atoms with Gasteiger partial charge in [-0.15, -0.1) is 0 Å². The van der Waals surface area contributed by atoms with Crippen LogP contribution in [-0.4, -0.2) is 125 Å². The van der Waals surface area contributed by atoms with Crippen LogP contribution in [0, 0.1) is 0 Å². The van der Waals surface area contributed by atoms with Crippen LogP contribution < -0.4 is 0 Å². The van der Waals surface area contributed by atoms with Crippen molar-refractivity contribution in [2.45, 2.75) is 0 Å². The average Bonchev–Trinajstić information content (AvgIpc) is 2.40. The second-order valence-corrected chi connectivity index (χ2v) is 22.5. The van der Waals surface area contributed by atoms with Gasteiger partial charge in [-0.2, -0.15) is 0 Å². The second kappa shape index (κ2) is 7.90. The molecule has 0 saturated carbocycles. The summed E-state index contributed by atoms with van der Waals surface area (Å²) in [6.07, 6.45) is 0. The Balaban J connectivity index is 1.37. The number of rotatable bonds is 4. The molecule has 4 rings (SSSR count). The summed E-state index contributed by atoms with van der Waals surface area (Å²) in [7, 11) is -19.9. The molecule has 0 spiro atoms. The van der Waals surface area contributed by atoms with Gasteiger partial charge in [-0.05, 0) is 0 Å². The van der Waals surface area contributed by atoms with E-state index in [1.165, 1.54) is 0 Å². The van der Waals surface area contributed by atoms with Crippen molar-refractivity contribution in [2.24, 2.45) is 0 Å². The predicted molar refractivity (Wildman–Crippen MR) is 75.1 cm³/mol. The lowest BCUT2D eigenvalue weighted by molar-refractivity contribution is -0.000288. The maximum absolute atomic E-state index is 11.3. The van der Waals surface area contributed by atoms with E-state index in [0.29, 0.717) is 0 Å². The molecule has 0 aliphatic carbocycles. The van der Waals surface area contributed by atoms with Gasteiger partial charge in [-0.1, -0.05) is 0 Å². The van der Waals surface area contributed by atoms with Crippen LogP contribution in [0.25, 0.3) is 0 Å². The van der Waals surface area contributed by atoms with Crippen LogP contribution >= 0.6 is 0 Å². The first kappa shape index (κ1) is 21.8. The second-order valence-electron chi connectivity index (χ2n) is 4.67. The molecule has 4 N–H and O–H groups in total. The summed E-state index contributed by atoms with van der Waals surface area (Å²) < 4.78 is 80.4. The molecule has 0 aromatic carbocycles. The molecule has 4 bridgehead atoms. The molecule has 0 aromatic rings. The molecule has 27 heavy (non-hydrogen) atoms. The van der Waals surface area contributed by atoms with Crippen LogP contribution in [0.15, 0.2) is 0 Å². The van der Waals surface area contributed by atoms with Gasteiger partial charge in [0.2, 0.25) is 0 Å². The fraction of sp³-hybridized carbons (Fsp3) is 0. The van der Waals surface area contributed by atoms with Crippen molar-refractivity contribution in [1.29, 1.82) is 0 Å². The van der Waals surface area contributed by atoms with E-state index in [1.807, 2.05) is 0 Å². The summed E-state index contributed by atoms with van der Waals surface area (Å²) in [6.45, 7) is 0. The van der Waals surface area contributed by atoms with E-state index >= 15 is 0 Å². The van der Waals surface area contributed by atoms with Gasteiger partial charge in [0.05, 0.1) is 0 Å². The van der Waals surface area contributed by atoms with Gasteiger partial charge < -0.3 is 60.9 Å². The maximum Gasteiger partial charge on any atom is 0.956 e. The SMILES string of the molecule is O=[Si]1[O][Al]2[O][Al]([O][Si](O)(O)[O][Al]3[O][Al]4[O][Si](=O)O[Si](O)([O]4)[O]3)[O][Si](O)([O]2)O1. The van der Waals surface area contributed by atoms with E-state index in [-0.39, 0.29) is 0 Å². The molecular formula is H4Al4O18Si5. The lowest BCUT2D eigenvalue weighted by atomic mass is 15.5. The molecule has 4 aliphatic rings. The van der Waals surface area contributed by atoms with Crippen molar-refractivity contribution in [2.75, 3.05) is 0 Å². The molecule has 4 aliphatic heterocycles. The van der Waals surface area contributed by atoms with Gasteiger partial charge >= 0.3 is 106 Å². The van der Waals surface area contributed by atoms with Crippen LogP contribution in [0.4, 0.5) is 0 Å². The van der Waals surface area contributed by atoms with Gasteiger partial charge in [0.15, 0.2) is 0 Å². The average molecular weight is 540 g/mol. The summed E-state index contributed by atoms with van der Waals surface area (Å²) in [5, 5.41) is 0. The minimum atomic E-state index is -5.06. The van der Waals surface area contributed by atoms with Crippen LogP contribution in [-0.2, 0) is 50.7 Å². The normalized spacial score (nSPS) is 33.2. The predicted octanol–water partition coefficient (Wildman–Crippen LogP) is -6.71. The summed E-state index contributed by atoms with van der Waals surface area (Å²) in [6, 6.07) is 0. The minimum absolute atomic E-state index is 3.06.